The van der Waals surface area contributed by atoms with E-state index >= 15 is 0 Å². The monoisotopic (exact) mass is 578 g/mol. The first-order chi connectivity index (χ1) is 18.0. The number of hydrogen-bond donors (Lipinski definition) is 0. The molecular formula is C22H19ClN6O7S2. The molecule has 3 heterocycles. The molecule has 0 saturated carbocycles. The summed E-state index contributed by atoms with van der Waals surface area (Å²) in [6, 6.07) is 10.7. The Bertz CT molecular complexity index is 1530. The first-order valence-corrected chi connectivity index (χ1v) is 14.1. The van der Waals surface area contributed by atoms with Gasteiger partial charge in [-0.25, -0.2) is 13.2 Å². The Balaban J connectivity index is 1.38. The van der Waals surface area contributed by atoms with Gasteiger partial charge in [0.2, 0.25) is 11.1 Å². The lowest BCUT2D eigenvalue weighted by molar-refractivity contribution is -0.384. The largest absolute Gasteiger partial charge is 0.459 e. The predicted molar refractivity (Wildman–Crippen MR) is 134 cm³/mol. The Morgan fingerprint density at radius 3 is 2.55 bits per heavy atom. The van der Waals surface area contributed by atoms with Gasteiger partial charge in [-0.05, 0) is 59.3 Å². The van der Waals surface area contributed by atoms with Crippen LogP contribution in [-0.4, -0.2) is 72.2 Å². The van der Waals surface area contributed by atoms with Crippen LogP contribution >= 0.6 is 23.4 Å². The third-order valence-corrected chi connectivity index (χ3v) is 11.0. The van der Waals surface area contributed by atoms with Gasteiger partial charge in [0.25, 0.3) is 5.69 Å². The number of esters is 1. The number of nitrogens with zero attached hydrogens (tertiary/aromatic N) is 6. The van der Waals surface area contributed by atoms with Gasteiger partial charge < -0.3 is 9.64 Å². The molecule has 1 aromatic heterocycles. The Kier molecular flexibility index (Phi) is 6.61. The van der Waals surface area contributed by atoms with Crippen LogP contribution in [0.15, 0.2) is 53.7 Å². The van der Waals surface area contributed by atoms with Crippen LogP contribution in [-0.2, 0) is 30.8 Å². The standard InChI is InChI=1S/C22H19ClN6O7S2/c1-22(12-37-21-24-25-26-28(21)15-8-4-14(23)5-9-15)19(27-17(30)10-18(27)38(22,34)35)20(31)36-11-13-2-6-16(7-3-13)29(32)33/h2-9,18-19H,10-12H2,1H3/t18-,19-,22-/m0/s1. The van der Waals surface area contributed by atoms with Crippen molar-refractivity contribution in [3.63, 3.8) is 0 Å². The quantitative estimate of drug-likeness (QED) is 0.126. The number of halogens is 1. The van der Waals surface area contributed by atoms with Crippen molar-refractivity contribution in [1.29, 1.82) is 0 Å². The SMILES string of the molecule is C[C@]1(CSc2nnnn2-c2ccc(Cl)cc2)[C@H](C(=O)OCc2ccc([N+](=O)[O-])cc2)N2C(=O)C[C@@H]2S1(=O)=O. The fourth-order valence-electron chi connectivity index (χ4n) is 4.42. The highest BCUT2D eigenvalue weighted by atomic mass is 35.5. The molecule has 198 valence electrons. The van der Waals surface area contributed by atoms with Crippen molar-refractivity contribution >= 4 is 50.8 Å². The van der Waals surface area contributed by atoms with Crippen molar-refractivity contribution in [3.8, 4) is 5.69 Å². The number of rotatable bonds is 8. The van der Waals surface area contributed by atoms with Crippen LogP contribution in [0.5, 0.6) is 0 Å². The van der Waals surface area contributed by atoms with Gasteiger partial charge in [-0.1, -0.05) is 23.4 Å². The average Bonchev–Trinajstić information content (AvgIpc) is 3.41. The minimum absolute atomic E-state index is 0.124. The van der Waals surface area contributed by atoms with E-state index in [1.54, 1.807) is 24.3 Å². The smallest absolute Gasteiger partial charge is 0.330 e. The number of hydrogen-bond acceptors (Lipinski definition) is 11. The van der Waals surface area contributed by atoms with Crippen LogP contribution in [0.1, 0.15) is 18.9 Å². The lowest BCUT2D eigenvalue weighted by Gasteiger charge is -2.36. The molecule has 16 heteroatoms. The third kappa shape index (κ3) is 4.29. The number of carbonyl (C=O) groups is 2. The number of benzene rings is 2. The lowest BCUT2D eigenvalue weighted by atomic mass is 9.98. The van der Waals surface area contributed by atoms with E-state index in [4.69, 9.17) is 16.3 Å². The summed E-state index contributed by atoms with van der Waals surface area (Å²) in [7, 11) is -3.98. The van der Waals surface area contributed by atoms with E-state index in [0.717, 1.165) is 16.7 Å². The van der Waals surface area contributed by atoms with Crippen LogP contribution in [0.4, 0.5) is 5.69 Å². The molecule has 0 radical (unpaired) electrons. The average molecular weight is 579 g/mol. The molecule has 38 heavy (non-hydrogen) atoms. The number of aromatic nitrogens is 4. The molecule has 0 spiro atoms. The number of non-ortho nitro benzene ring substituents is 1. The maximum Gasteiger partial charge on any atom is 0.330 e. The van der Waals surface area contributed by atoms with Crippen LogP contribution in [0.3, 0.4) is 0 Å². The molecule has 0 bridgehead atoms. The second-order valence-corrected chi connectivity index (χ2v) is 12.8. The van der Waals surface area contributed by atoms with Gasteiger partial charge in [0.1, 0.15) is 16.7 Å². The van der Waals surface area contributed by atoms with E-state index < -0.39 is 42.8 Å². The van der Waals surface area contributed by atoms with Crippen molar-refractivity contribution in [3.05, 3.63) is 69.2 Å². The highest BCUT2D eigenvalue weighted by Crippen LogP contribution is 2.48. The van der Waals surface area contributed by atoms with E-state index in [-0.39, 0.29) is 29.6 Å². The summed E-state index contributed by atoms with van der Waals surface area (Å²) in [5, 5.41) is 22.1. The Labute approximate surface area is 225 Å². The number of ether oxygens (including phenoxy) is 1. The van der Waals surface area contributed by atoms with Gasteiger partial charge in [-0.15, -0.1) is 5.10 Å². The summed E-state index contributed by atoms with van der Waals surface area (Å²) >= 11 is 6.98. The number of amides is 1. The van der Waals surface area contributed by atoms with Gasteiger partial charge in [0.15, 0.2) is 15.9 Å². The second-order valence-electron chi connectivity index (χ2n) is 8.89. The highest BCUT2D eigenvalue weighted by molar-refractivity contribution is 8.01. The van der Waals surface area contributed by atoms with Crippen LogP contribution in [0, 0.1) is 10.1 Å². The van der Waals surface area contributed by atoms with Gasteiger partial charge in [-0.3, -0.25) is 14.9 Å². The maximum atomic E-state index is 13.5. The van der Waals surface area contributed by atoms with Crippen LogP contribution in [0.25, 0.3) is 5.69 Å². The summed E-state index contributed by atoms with van der Waals surface area (Å²) in [6.45, 7) is 1.16. The van der Waals surface area contributed by atoms with Gasteiger partial charge in [0.05, 0.1) is 17.0 Å². The highest BCUT2D eigenvalue weighted by Gasteiger charge is 2.70. The number of thioether (sulfide) groups is 1. The molecule has 5 rings (SSSR count). The zero-order valence-electron chi connectivity index (χ0n) is 19.6. The molecule has 2 aliphatic rings. The fraction of sp³-hybridized carbons (Fsp3) is 0.318. The number of sulfone groups is 1. The summed E-state index contributed by atoms with van der Waals surface area (Å²) < 4.78 is 32.1. The maximum absolute atomic E-state index is 13.5. The Hall–Kier alpha value is -3.56. The first kappa shape index (κ1) is 26.1. The summed E-state index contributed by atoms with van der Waals surface area (Å²) in [6.07, 6.45) is -0.211. The normalized spacial score (nSPS) is 23.5. The van der Waals surface area contributed by atoms with Crippen molar-refractivity contribution in [1.82, 2.24) is 25.1 Å². The van der Waals surface area contributed by atoms with Crippen molar-refractivity contribution < 1.29 is 27.7 Å². The molecule has 0 N–H and O–H groups in total. The number of nitro benzene ring substituents is 1. The molecule has 1 amide bonds. The van der Waals surface area contributed by atoms with Gasteiger partial charge >= 0.3 is 5.97 Å². The molecule has 2 aliphatic heterocycles. The number of fused-ring (bicyclic) bond motifs is 1. The molecule has 0 unspecified atom stereocenters. The third-order valence-electron chi connectivity index (χ3n) is 6.56. The second kappa shape index (κ2) is 9.63. The van der Waals surface area contributed by atoms with E-state index in [9.17, 15) is 28.1 Å². The van der Waals surface area contributed by atoms with Crippen molar-refractivity contribution in [2.45, 2.75) is 41.3 Å². The minimum Gasteiger partial charge on any atom is -0.459 e. The molecule has 3 aromatic rings. The molecule has 13 nitrogen and oxygen atoms in total. The molecule has 2 aromatic carbocycles. The zero-order valence-corrected chi connectivity index (χ0v) is 22.0. The van der Waals surface area contributed by atoms with E-state index in [2.05, 4.69) is 15.5 Å². The molecule has 3 atom stereocenters. The first-order valence-electron chi connectivity index (χ1n) is 11.1. The number of nitro groups is 1. The minimum atomic E-state index is -3.98. The van der Waals surface area contributed by atoms with Crippen molar-refractivity contribution in [2.75, 3.05) is 5.75 Å². The molecular weight excluding hydrogens is 560 g/mol. The predicted octanol–water partition coefficient (Wildman–Crippen LogP) is 2.17. The molecule has 2 saturated heterocycles. The van der Waals surface area contributed by atoms with E-state index in [1.165, 1.54) is 35.9 Å². The summed E-state index contributed by atoms with van der Waals surface area (Å²) in [5.74, 6) is -1.49. The van der Waals surface area contributed by atoms with Gasteiger partial charge in [-0.2, -0.15) is 4.68 Å². The lowest BCUT2D eigenvalue weighted by Crippen LogP contribution is -2.58. The number of carbonyl (C=O) groups excluding carboxylic acids is 2. The number of tetrazole rings is 1. The fourth-order valence-corrected chi connectivity index (χ4v) is 8.36. The Morgan fingerprint density at radius 2 is 1.92 bits per heavy atom. The van der Waals surface area contributed by atoms with Crippen LogP contribution in [0.2, 0.25) is 5.02 Å². The van der Waals surface area contributed by atoms with Crippen molar-refractivity contribution in [2.24, 2.45) is 0 Å². The summed E-state index contributed by atoms with van der Waals surface area (Å²) in [5.41, 5.74) is 0.940. The zero-order chi connectivity index (χ0) is 27.2. The topological polar surface area (TPSA) is 167 Å². The molecule has 2 fully saturated rings. The van der Waals surface area contributed by atoms with E-state index in [0.29, 0.717) is 16.3 Å². The Morgan fingerprint density at radius 1 is 1.24 bits per heavy atom. The van der Waals surface area contributed by atoms with E-state index in [1.807, 2.05) is 0 Å². The van der Waals surface area contributed by atoms with Gasteiger partial charge in [0, 0.05) is 22.9 Å². The summed E-state index contributed by atoms with van der Waals surface area (Å²) in [4.78, 5) is 37.0. The van der Waals surface area contributed by atoms with Crippen LogP contribution < -0.4 is 0 Å². The number of β-lactam (4-membered cyclic amide) rings is 1. The molecule has 0 aliphatic carbocycles.